The molecule has 3 heteroatoms. The van der Waals surface area contributed by atoms with E-state index in [2.05, 4.69) is 59.9 Å². The second-order valence-electron chi connectivity index (χ2n) is 8.56. The van der Waals surface area contributed by atoms with Gasteiger partial charge in [0.25, 0.3) is 0 Å². The van der Waals surface area contributed by atoms with Crippen LogP contribution in [0.5, 0.6) is 0 Å². The molecule has 2 aliphatic rings. The van der Waals surface area contributed by atoms with E-state index in [-0.39, 0.29) is 10.5 Å². The molecule has 2 nitrogen and oxygen atoms in total. The summed E-state index contributed by atoms with van der Waals surface area (Å²) in [6.45, 7) is 17.0. The average Bonchev–Trinajstić information content (AvgIpc) is 2.39. The summed E-state index contributed by atoms with van der Waals surface area (Å²) in [6, 6.07) is 0. The van der Waals surface area contributed by atoms with Gasteiger partial charge in [-0.3, -0.25) is 0 Å². The molecular formula is C19H34O2Si. The molecule has 2 aliphatic carbocycles. The van der Waals surface area contributed by atoms with Crippen LogP contribution in [0, 0.1) is 5.41 Å². The van der Waals surface area contributed by atoms with Crippen LogP contribution in [0.15, 0.2) is 23.5 Å². The number of hydrogen-bond donors (Lipinski definition) is 0. The minimum atomic E-state index is -1.73. The fourth-order valence-electron chi connectivity index (χ4n) is 3.31. The van der Waals surface area contributed by atoms with Crippen molar-refractivity contribution in [3.8, 4) is 0 Å². The van der Waals surface area contributed by atoms with Crippen molar-refractivity contribution in [3.05, 3.63) is 23.5 Å². The van der Waals surface area contributed by atoms with E-state index < -0.39 is 8.32 Å². The Bertz CT molecular complexity index is 470. The molecule has 0 unspecified atom stereocenters. The van der Waals surface area contributed by atoms with Crippen LogP contribution in [0.1, 0.15) is 60.3 Å². The standard InChI is InChI=1S/C19H34O2Si/c1-8-20-16-12-13-19(5)15(14-16)10-9-11-17(19)21-22(6,7)18(2,3)4/h10,14,17H,8-9,11-13H2,1-7H3/t17-,19-/m1/s1. The highest BCUT2D eigenvalue weighted by Gasteiger charge is 2.47. The van der Waals surface area contributed by atoms with Crippen molar-refractivity contribution in [2.75, 3.05) is 6.61 Å². The zero-order valence-corrected chi connectivity index (χ0v) is 16.6. The molecule has 0 aromatic heterocycles. The largest absolute Gasteiger partial charge is 0.498 e. The van der Waals surface area contributed by atoms with Crippen LogP contribution in [0.2, 0.25) is 18.1 Å². The summed E-state index contributed by atoms with van der Waals surface area (Å²) in [7, 11) is -1.73. The second kappa shape index (κ2) is 6.16. The highest BCUT2D eigenvalue weighted by atomic mass is 28.4. The number of fused-ring (bicyclic) bond motifs is 1. The van der Waals surface area contributed by atoms with Gasteiger partial charge in [0, 0.05) is 11.8 Å². The van der Waals surface area contributed by atoms with Crippen molar-refractivity contribution in [2.45, 2.75) is 84.5 Å². The van der Waals surface area contributed by atoms with E-state index in [1.54, 1.807) is 0 Å². The van der Waals surface area contributed by atoms with E-state index in [0.29, 0.717) is 6.10 Å². The molecule has 0 aromatic carbocycles. The molecule has 2 rings (SSSR count). The molecule has 2 atom stereocenters. The molecule has 0 bridgehead atoms. The first-order valence-electron chi connectivity index (χ1n) is 8.82. The molecule has 0 fully saturated rings. The normalized spacial score (nSPS) is 29.5. The minimum Gasteiger partial charge on any atom is -0.498 e. The van der Waals surface area contributed by atoms with Crippen molar-refractivity contribution in [3.63, 3.8) is 0 Å². The van der Waals surface area contributed by atoms with Gasteiger partial charge >= 0.3 is 0 Å². The quantitative estimate of drug-likeness (QED) is 0.607. The molecule has 0 amide bonds. The van der Waals surface area contributed by atoms with Crippen LogP contribution < -0.4 is 0 Å². The number of rotatable bonds is 4. The molecular weight excluding hydrogens is 288 g/mol. The molecule has 0 saturated carbocycles. The van der Waals surface area contributed by atoms with Gasteiger partial charge in [-0.05, 0) is 56.0 Å². The Balaban J connectivity index is 2.22. The highest BCUT2D eigenvalue weighted by Crippen LogP contribution is 2.50. The smallest absolute Gasteiger partial charge is 0.192 e. The maximum atomic E-state index is 6.84. The number of ether oxygens (including phenoxy) is 1. The van der Waals surface area contributed by atoms with Gasteiger partial charge < -0.3 is 9.16 Å². The maximum Gasteiger partial charge on any atom is 0.192 e. The van der Waals surface area contributed by atoms with E-state index in [0.717, 1.165) is 38.0 Å². The summed E-state index contributed by atoms with van der Waals surface area (Å²) in [6.07, 6.45) is 9.51. The van der Waals surface area contributed by atoms with Crippen LogP contribution >= 0.6 is 0 Å². The fourth-order valence-corrected chi connectivity index (χ4v) is 4.75. The van der Waals surface area contributed by atoms with E-state index in [1.807, 2.05) is 0 Å². The predicted octanol–water partition coefficient (Wildman–Crippen LogP) is 5.82. The van der Waals surface area contributed by atoms with Gasteiger partial charge in [-0.15, -0.1) is 0 Å². The van der Waals surface area contributed by atoms with Crippen molar-refractivity contribution in [1.82, 2.24) is 0 Å². The van der Waals surface area contributed by atoms with Crippen LogP contribution in [0.3, 0.4) is 0 Å². The lowest BCUT2D eigenvalue weighted by Gasteiger charge is -2.49. The van der Waals surface area contributed by atoms with Crippen molar-refractivity contribution < 1.29 is 9.16 Å². The SMILES string of the molecule is CCOC1=CC2=CCC[C@@H](O[Si](C)(C)C(C)(C)C)[C@]2(C)CC1. The van der Waals surface area contributed by atoms with Crippen LogP contribution in [0.25, 0.3) is 0 Å². The van der Waals surface area contributed by atoms with E-state index >= 15 is 0 Å². The van der Waals surface area contributed by atoms with Gasteiger partial charge in [-0.1, -0.05) is 33.8 Å². The van der Waals surface area contributed by atoms with Gasteiger partial charge in [0.15, 0.2) is 8.32 Å². The molecule has 0 aliphatic heterocycles. The third-order valence-electron chi connectivity index (χ3n) is 5.94. The molecule has 0 saturated heterocycles. The van der Waals surface area contributed by atoms with Gasteiger partial charge in [-0.25, -0.2) is 0 Å². The Morgan fingerprint density at radius 2 is 2.00 bits per heavy atom. The Kier molecular flexibility index (Phi) is 4.99. The van der Waals surface area contributed by atoms with Gasteiger partial charge in [0.1, 0.15) is 0 Å². The predicted molar refractivity (Wildman–Crippen MR) is 96.4 cm³/mol. The van der Waals surface area contributed by atoms with Gasteiger partial charge in [-0.2, -0.15) is 0 Å². The minimum absolute atomic E-state index is 0.161. The summed E-state index contributed by atoms with van der Waals surface area (Å²) < 4.78 is 12.6. The highest BCUT2D eigenvalue weighted by molar-refractivity contribution is 6.74. The van der Waals surface area contributed by atoms with Crippen molar-refractivity contribution in [1.29, 1.82) is 0 Å². The van der Waals surface area contributed by atoms with E-state index in [4.69, 9.17) is 9.16 Å². The maximum absolute atomic E-state index is 6.84. The van der Waals surface area contributed by atoms with E-state index in [1.165, 1.54) is 5.57 Å². The summed E-state index contributed by atoms with van der Waals surface area (Å²) in [4.78, 5) is 0. The second-order valence-corrected chi connectivity index (χ2v) is 13.3. The average molecular weight is 323 g/mol. The lowest BCUT2D eigenvalue weighted by atomic mass is 9.66. The zero-order valence-electron chi connectivity index (χ0n) is 15.6. The lowest BCUT2D eigenvalue weighted by molar-refractivity contribution is 0.0471. The number of allylic oxidation sites excluding steroid dienone is 3. The van der Waals surface area contributed by atoms with Crippen molar-refractivity contribution >= 4 is 8.32 Å². The van der Waals surface area contributed by atoms with Gasteiger partial charge in [0.2, 0.25) is 0 Å². The Labute approximate surface area is 138 Å². The van der Waals surface area contributed by atoms with E-state index in [9.17, 15) is 0 Å². The lowest BCUT2D eigenvalue weighted by Crippen LogP contribution is -2.50. The van der Waals surface area contributed by atoms with Crippen LogP contribution in [-0.4, -0.2) is 21.0 Å². The van der Waals surface area contributed by atoms with Crippen LogP contribution in [0.4, 0.5) is 0 Å². The summed E-state index contributed by atoms with van der Waals surface area (Å²) >= 11 is 0. The Morgan fingerprint density at radius 3 is 2.59 bits per heavy atom. The third-order valence-corrected chi connectivity index (χ3v) is 10.4. The Hall–Kier alpha value is -0.543. The first-order chi connectivity index (χ1) is 10.1. The zero-order chi connectivity index (χ0) is 16.6. The topological polar surface area (TPSA) is 18.5 Å². The van der Waals surface area contributed by atoms with Gasteiger partial charge in [0.05, 0.1) is 18.5 Å². The Morgan fingerprint density at radius 1 is 1.32 bits per heavy atom. The molecule has 0 spiro atoms. The molecule has 0 N–H and O–H groups in total. The molecule has 0 aromatic rings. The number of hydrogen-bond acceptors (Lipinski definition) is 2. The summed E-state index contributed by atoms with van der Waals surface area (Å²) in [5, 5.41) is 0.270. The fraction of sp³-hybridized carbons (Fsp3) is 0.789. The van der Waals surface area contributed by atoms with Crippen LogP contribution in [-0.2, 0) is 9.16 Å². The molecule has 0 radical (unpaired) electrons. The first-order valence-corrected chi connectivity index (χ1v) is 11.7. The molecule has 126 valence electrons. The molecule has 0 heterocycles. The van der Waals surface area contributed by atoms with Crippen molar-refractivity contribution in [2.24, 2.45) is 5.41 Å². The third kappa shape index (κ3) is 3.35. The summed E-state index contributed by atoms with van der Waals surface area (Å²) in [5.74, 6) is 1.15. The summed E-state index contributed by atoms with van der Waals surface area (Å²) in [5.41, 5.74) is 1.60. The molecule has 22 heavy (non-hydrogen) atoms. The first kappa shape index (κ1) is 17.8. The monoisotopic (exact) mass is 322 g/mol.